The zero-order chi connectivity index (χ0) is 20.5. The minimum absolute atomic E-state index is 0.231. The van der Waals surface area contributed by atoms with Gasteiger partial charge < -0.3 is 18.7 Å². The van der Waals surface area contributed by atoms with Crippen LogP contribution in [0.4, 0.5) is 0 Å². The van der Waals surface area contributed by atoms with Crippen molar-refractivity contribution in [1.82, 2.24) is 24.5 Å². The number of aromatic amines is 1. The van der Waals surface area contributed by atoms with E-state index in [1.807, 2.05) is 49.7 Å². The number of hydrogen-bond acceptors (Lipinski definition) is 7. The first kappa shape index (κ1) is 19.3. The molecule has 0 atom stereocenters. The van der Waals surface area contributed by atoms with Gasteiger partial charge in [-0.25, -0.2) is 15.0 Å². The second kappa shape index (κ2) is 7.75. The Bertz CT molecular complexity index is 1220. The van der Waals surface area contributed by atoms with E-state index in [1.165, 1.54) is 11.8 Å². The first-order valence-electron chi connectivity index (χ1n) is 9.22. The molecule has 3 aromatic heterocycles. The molecule has 150 valence electrons. The van der Waals surface area contributed by atoms with Crippen LogP contribution in [0.1, 0.15) is 24.2 Å². The van der Waals surface area contributed by atoms with E-state index in [0.29, 0.717) is 40.4 Å². The number of fused-ring (bicyclic) bond motifs is 1. The van der Waals surface area contributed by atoms with Crippen LogP contribution in [0.3, 0.4) is 0 Å². The van der Waals surface area contributed by atoms with Gasteiger partial charge in [-0.1, -0.05) is 11.8 Å². The van der Waals surface area contributed by atoms with Gasteiger partial charge in [0.25, 0.3) is 5.56 Å². The summed E-state index contributed by atoms with van der Waals surface area (Å²) in [5, 5.41) is 0.702. The molecule has 0 bridgehead atoms. The molecule has 0 fully saturated rings. The molecule has 4 aromatic rings. The molecule has 9 heteroatoms. The summed E-state index contributed by atoms with van der Waals surface area (Å²) in [6.07, 6.45) is 0. The smallest absolute Gasteiger partial charge is 0.279 e. The Labute approximate surface area is 171 Å². The van der Waals surface area contributed by atoms with Gasteiger partial charge in [0, 0.05) is 18.4 Å². The van der Waals surface area contributed by atoms with E-state index in [9.17, 15) is 4.79 Å². The van der Waals surface area contributed by atoms with Crippen LogP contribution < -0.4 is 10.3 Å². The zero-order valence-electron chi connectivity index (χ0n) is 16.6. The molecule has 0 spiro atoms. The highest BCUT2D eigenvalue weighted by Crippen LogP contribution is 2.28. The molecule has 0 amide bonds. The van der Waals surface area contributed by atoms with Gasteiger partial charge in [0.2, 0.25) is 5.89 Å². The maximum absolute atomic E-state index is 12.1. The number of thioether (sulfide) groups is 1. The number of H-pyrrole nitrogens is 1. The number of benzene rings is 1. The van der Waals surface area contributed by atoms with Crippen molar-refractivity contribution in [3.8, 4) is 17.2 Å². The van der Waals surface area contributed by atoms with E-state index in [0.717, 1.165) is 22.8 Å². The molecular formula is C20H21N5O3S. The van der Waals surface area contributed by atoms with Gasteiger partial charge in [-0.2, -0.15) is 0 Å². The highest BCUT2D eigenvalue weighted by atomic mass is 32.2. The molecule has 8 nitrogen and oxygen atoms in total. The van der Waals surface area contributed by atoms with Crippen LogP contribution in [0.5, 0.6) is 5.75 Å². The second-order valence-electron chi connectivity index (χ2n) is 6.54. The number of hydrogen-bond donors (Lipinski definition) is 1. The normalized spacial score (nSPS) is 11.3. The van der Waals surface area contributed by atoms with Crippen molar-refractivity contribution in [1.29, 1.82) is 0 Å². The van der Waals surface area contributed by atoms with E-state index in [4.69, 9.17) is 9.15 Å². The summed E-state index contributed by atoms with van der Waals surface area (Å²) in [4.78, 5) is 28.2. The summed E-state index contributed by atoms with van der Waals surface area (Å²) in [6.45, 7) is 6.22. The SMILES string of the molecule is CCOc1ccc(-c2nc(CSc3nc4c(=O)[nH]c(C)nc4n3C)c(C)o2)cc1. The Hall–Kier alpha value is -3.07. The van der Waals surface area contributed by atoms with Gasteiger partial charge in [-0.05, 0) is 45.0 Å². The van der Waals surface area contributed by atoms with Crippen LogP contribution >= 0.6 is 11.8 Å². The number of aryl methyl sites for hydroxylation is 3. The first-order valence-corrected chi connectivity index (χ1v) is 10.2. The minimum Gasteiger partial charge on any atom is -0.494 e. The number of rotatable bonds is 6. The van der Waals surface area contributed by atoms with Crippen LogP contribution in [0.25, 0.3) is 22.6 Å². The third-order valence-electron chi connectivity index (χ3n) is 4.45. The van der Waals surface area contributed by atoms with Crippen molar-refractivity contribution in [2.45, 2.75) is 31.7 Å². The summed E-state index contributed by atoms with van der Waals surface area (Å²) < 4.78 is 13.1. The molecule has 0 aliphatic carbocycles. The molecule has 1 N–H and O–H groups in total. The summed E-state index contributed by atoms with van der Waals surface area (Å²) in [5.74, 6) is 3.28. The lowest BCUT2D eigenvalue weighted by molar-refractivity contribution is 0.340. The summed E-state index contributed by atoms with van der Waals surface area (Å²) in [5.41, 5.74) is 2.41. The number of oxazole rings is 1. The van der Waals surface area contributed by atoms with E-state index in [1.54, 1.807) is 6.92 Å². The fraction of sp³-hybridized carbons (Fsp3) is 0.300. The van der Waals surface area contributed by atoms with Crippen molar-refractivity contribution in [3.63, 3.8) is 0 Å². The van der Waals surface area contributed by atoms with Gasteiger partial charge in [-0.15, -0.1) is 0 Å². The van der Waals surface area contributed by atoms with Gasteiger partial charge in [0.1, 0.15) is 17.3 Å². The van der Waals surface area contributed by atoms with Gasteiger partial charge in [-0.3, -0.25) is 4.79 Å². The number of ether oxygens (including phenoxy) is 1. The van der Waals surface area contributed by atoms with E-state index in [2.05, 4.69) is 19.9 Å². The molecule has 0 saturated heterocycles. The monoisotopic (exact) mass is 411 g/mol. The van der Waals surface area contributed by atoms with Crippen LogP contribution in [0, 0.1) is 13.8 Å². The lowest BCUT2D eigenvalue weighted by atomic mass is 10.2. The van der Waals surface area contributed by atoms with Gasteiger partial charge in [0.15, 0.2) is 16.3 Å². The molecular weight excluding hydrogens is 390 g/mol. The van der Waals surface area contributed by atoms with Gasteiger partial charge >= 0.3 is 0 Å². The maximum Gasteiger partial charge on any atom is 0.279 e. The Morgan fingerprint density at radius 3 is 2.66 bits per heavy atom. The summed E-state index contributed by atoms with van der Waals surface area (Å²) in [7, 11) is 1.85. The minimum atomic E-state index is -0.231. The zero-order valence-corrected chi connectivity index (χ0v) is 17.5. The third-order valence-corrected chi connectivity index (χ3v) is 5.49. The van der Waals surface area contributed by atoms with Crippen molar-refractivity contribution in [3.05, 3.63) is 51.9 Å². The second-order valence-corrected chi connectivity index (χ2v) is 7.49. The Morgan fingerprint density at radius 2 is 1.93 bits per heavy atom. The Kier molecular flexibility index (Phi) is 5.14. The van der Waals surface area contributed by atoms with Crippen molar-refractivity contribution < 1.29 is 9.15 Å². The predicted molar refractivity (Wildman–Crippen MR) is 111 cm³/mol. The van der Waals surface area contributed by atoms with Crippen molar-refractivity contribution >= 4 is 22.9 Å². The lowest BCUT2D eigenvalue weighted by Crippen LogP contribution is -2.10. The fourth-order valence-corrected chi connectivity index (χ4v) is 3.94. The Balaban J connectivity index is 1.55. The molecule has 0 saturated carbocycles. The third kappa shape index (κ3) is 3.77. The number of imidazole rings is 1. The highest BCUT2D eigenvalue weighted by molar-refractivity contribution is 7.98. The van der Waals surface area contributed by atoms with Crippen LogP contribution in [0.2, 0.25) is 0 Å². The van der Waals surface area contributed by atoms with Crippen LogP contribution in [0.15, 0.2) is 38.6 Å². The molecule has 29 heavy (non-hydrogen) atoms. The van der Waals surface area contributed by atoms with E-state index in [-0.39, 0.29) is 5.56 Å². The fourth-order valence-electron chi connectivity index (χ4n) is 2.97. The molecule has 0 aliphatic heterocycles. The van der Waals surface area contributed by atoms with Crippen molar-refractivity contribution in [2.75, 3.05) is 6.61 Å². The number of aromatic nitrogens is 5. The standard InChI is InChI=1S/C20H21N5O3S/c1-5-27-14-8-6-13(7-9-14)19-23-15(11(2)28-19)10-29-20-24-16-17(25(20)4)21-12(3)22-18(16)26/h6-9H,5,10H2,1-4H3,(H,21,22,26). The molecule has 0 aliphatic rings. The van der Waals surface area contributed by atoms with Crippen LogP contribution in [-0.4, -0.2) is 31.1 Å². The molecule has 0 radical (unpaired) electrons. The largest absolute Gasteiger partial charge is 0.494 e. The molecule has 0 unspecified atom stereocenters. The Morgan fingerprint density at radius 1 is 1.17 bits per heavy atom. The average Bonchev–Trinajstić information content (AvgIpc) is 3.22. The van der Waals surface area contributed by atoms with Crippen molar-refractivity contribution in [2.24, 2.45) is 7.05 Å². The average molecular weight is 411 g/mol. The molecule has 3 heterocycles. The predicted octanol–water partition coefficient (Wildman–Crippen LogP) is 3.62. The maximum atomic E-state index is 12.1. The highest BCUT2D eigenvalue weighted by Gasteiger charge is 2.16. The number of nitrogens with zero attached hydrogens (tertiary/aromatic N) is 4. The first-order chi connectivity index (χ1) is 14.0. The summed E-state index contributed by atoms with van der Waals surface area (Å²) in [6, 6.07) is 7.66. The topological polar surface area (TPSA) is 98.8 Å². The molecule has 1 aromatic carbocycles. The van der Waals surface area contributed by atoms with Gasteiger partial charge in [0.05, 0.1) is 12.3 Å². The molecule has 4 rings (SSSR count). The summed E-state index contributed by atoms with van der Waals surface area (Å²) >= 11 is 1.49. The number of nitrogens with one attached hydrogen (secondary N) is 1. The van der Waals surface area contributed by atoms with E-state index >= 15 is 0 Å². The van der Waals surface area contributed by atoms with E-state index < -0.39 is 0 Å². The quantitative estimate of drug-likeness (QED) is 0.484. The lowest BCUT2D eigenvalue weighted by Gasteiger charge is -2.02. The van der Waals surface area contributed by atoms with Crippen LogP contribution in [-0.2, 0) is 12.8 Å².